The molecule has 0 amide bonds. The molecule has 0 aliphatic carbocycles. The van der Waals surface area contributed by atoms with Crippen LogP contribution in [0.5, 0.6) is 0 Å². The molecule has 1 atom stereocenters. The first-order chi connectivity index (χ1) is 9.52. The lowest BCUT2D eigenvalue weighted by Crippen LogP contribution is -2.19. The van der Waals surface area contributed by atoms with Crippen molar-refractivity contribution in [1.82, 2.24) is 10.5 Å². The zero-order valence-corrected chi connectivity index (χ0v) is 11.7. The lowest BCUT2D eigenvalue weighted by molar-refractivity contribution is 0.390. The maximum atomic E-state index is 13.2. The van der Waals surface area contributed by atoms with E-state index < -0.39 is 5.82 Å². The zero-order valence-electron chi connectivity index (χ0n) is 11.7. The van der Waals surface area contributed by atoms with E-state index in [2.05, 4.69) is 10.5 Å². The molecule has 0 saturated heterocycles. The predicted octanol–water partition coefficient (Wildman–Crippen LogP) is 3.15. The second-order valence-electron chi connectivity index (χ2n) is 4.77. The van der Waals surface area contributed by atoms with Gasteiger partial charge in [0.1, 0.15) is 17.6 Å². The van der Waals surface area contributed by atoms with Crippen molar-refractivity contribution in [3.05, 3.63) is 52.2 Å². The van der Waals surface area contributed by atoms with E-state index in [9.17, 15) is 4.39 Å². The summed E-state index contributed by atoms with van der Waals surface area (Å²) < 4.78 is 18.4. The van der Waals surface area contributed by atoms with Crippen LogP contribution in [-0.2, 0) is 6.54 Å². The number of nitrogens with zero attached hydrogens (tertiary/aromatic N) is 2. The molecule has 5 heteroatoms. The van der Waals surface area contributed by atoms with Gasteiger partial charge in [0.25, 0.3) is 0 Å². The SMILES string of the molecule is Cc1noc(C)c1C(C)NCc1ccc(F)c(C#N)c1. The molecule has 1 aromatic heterocycles. The van der Waals surface area contributed by atoms with E-state index in [1.165, 1.54) is 6.07 Å². The lowest BCUT2D eigenvalue weighted by Gasteiger charge is -2.13. The Kier molecular flexibility index (Phi) is 4.16. The van der Waals surface area contributed by atoms with Crippen molar-refractivity contribution in [2.45, 2.75) is 33.4 Å². The van der Waals surface area contributed by atoms with Crippen LogP contribution in [0.15, 0.2) is 22.7 Å². The van der Waals surface area contributed by atoms with Gasteiger partial charge in [-0.25, -0.2) is 4.39 Å². The van der Waals surface area contributed by atoms with E-state index >= 15 is 0 Å². The van der Waals surface area contributed by atoms with Gasteiger partial charge in [-0.15, -0.1) is 0 Å². The summed E-state index contributed by atoms with van der Waals surface area (Å²) in [6.45, 7) is 6.33. The number of nitriles is 1. The molecular weight excluding hydrogens is 257 g/mol. The molecule has 0 bridgehead atoms. The van der Waals surface area contributed by atoms with Crippen LogP contribution in [-0.4, -0.2) is 5.16 Å². The van der Waals surface area contributed by atoms with Gasteiger partial charge in [0.15, 0.2) is 0 Å². The number of aromatic nitrogens is 1. The number of aryl methyl sites for hydroxylation is 2. The second kappa shape index (κ2) is 5.85. The van der Waals surface area contributed by atoms with E-state index in [1.807, 2.05) is 26.8 Å². The predicted molar refractivity (Wildman–Crippen MR) is 72.3 cm³/mol. The van der Waals surface area contributed by atoms with Crippen molar-refractivity contribution < 1.29 is 8.91 Å². The zero-order chi connectivity index (χ0) is 14.7. The fourth-order valence-electron chi connectivity index (χ4n) is 2.25. The molecule has 1 heterocycles. The average molecular weight is 273 g/mol. The molecule has 0 saturated carbocycles. The van der Waals surface area contributed by atoms with E-state index in [1.54, 1.807) is 12.1 Å². The molecule has 0 aliphatic heterocycles. The van der Waals surface area contributed by atoms with Crippen LogP contribution in [0.1, 0.15) is 41.1 Å². The highest BCUT2D eigenvalue weighted by Crippen LogP contribution is 2.21. The Morgan fingerprint density at radius 3 is 2.80 bits per heavy atom. The van der Waals surface area contributed by atoms with Gasteiger partial charge in [0.2, 0.25) is 0 Å². The Morgan fingerprint density at radius 1 is 1.45 bits per heavy atom. The maximum absolute atomic E-state index is 13.2. The number of hydrogen-bond donors (Lipinski definition) is 1. The van der Waals surface area contributed by atoms with Gasteiger partial charge in [-0.2, -0.15) is 5.26 Å². The van der Waals surface area contributed by atoms with Crippen LogP contribution < -0.4 is 5.32 Å². The van der Waals surface area contributed by atoms with Crippen LogP contribution in [0.4, 0.5) is 4.39 Å². The molecule has 0 aliphatic rings. The monoisotopic (exact) mass is 273 g/mol. The molecule has 1 unspecified atom stereocenters. The molecular formula is C15H16FN3O. The summed E-state index contributed by atoms with van der Waals surface area (Å²) in [6, 6.07) is 6.45. The third-order valence-electron chi connectivity index (χ3n) is 3.29. The molecule has 4 nitrogen and oxygen atoms in total. The maximum Gasteiger partial charge on any atom is 0.140 e. The minimum Gasteiger partial charge on any atom is -0.361 e. The molecule has 1 aromatic carbocycles. The van der Waals surface area contributed by atoms with Crippen molar-refractivity contribution in [2.24, 2.45) is 0 Å². The Morgan fingerprint density at radius 2 is 2.20 bits per heavy atom. The second-order valence-corrected chi connectivity index (χ2v) is 4.77. The van der Waals surface area contributed by atoms with Crippen LogP contribution in [0.25, 0.3) is 0 Å². The van der Waals surface area contributed by atoms with Gasteiger partial charge < -0.3 is 9.84 Å². The standard InChI is InChI=1S/C15H16FN3O/c1-9(15-10(2)19-20-11(15)3)18-8-12-4-5-14(16)13(6-12)7-17/h4-6,9,18H,8H2,1-3H3. The highest BCUT2D eigenvalue weighted by molar-refractivity contribution is 5.34. The molecule has 0 spiro atoms. The summed E-state index contributed by atoms with van der Waals surface area (Å²) in [5, 5.41) is 16.1. The van der Waals surface area contributed by atoms with E-state index in [4.69, 9.17) is 9.78 Å². The van der Waals surface area contributed by atoms with Crippen LogP contribution >= 0.6 is 0 Å². The van der Waals surface area contributed by atoms with Gasteiger partial charge in [-0.05, 0) is 38.5 Å². The fourth-order valence-corrected chi connectivity index (χ4v) is 2.25. The largest absolute Gasteiger partial charge is 0.361 e. The lowest BCUT2D eigenvalue weighted by atomic mass is 10.1. The first kappa shape index (κ1) is 14.2. The Balaban J connectivity index is 2.08. The number of nitrogens with one attached hydrogen (secondary N) is 1. The Hall–Kier alpha value is -2.19. The van der Waals surface area contributed by atoms with E-state index in [0.717, 1.165) is 22.6 Å². The van der Waals surface area contributed by atoms with Gasteiger partial charge in [-0.3, -0.25) is 0 Å². The van der Waals surface area contributed by atoms with Gasteiger partial charge in [0, 0.05) is 18.2 Å². The molecule has 2 aromatic rings. The number of hydrogen-bond acceptors (Lipinski definition) is 4. The Labute approximate surface area is 117 Å². The number of halogens is 1. The fraction of sp³-hybridized carbons (Fsp3) is 0.333. The van der Waals surface area contributed by atoms with Crippen molar-refractivity contribution in [3.8, 4) is 6.07 Å². The summed E-state index contributed by atoms with van der Waals surface area (Å²) in [5.74, 6) is 0.300. The highest BCUT2D eigenvalue weighted by Gasteiger charge is 2.15. The number of benzene rings is 1. The number of rotatable bonds is 4. The third-order valence-corrected chi connectivity index (χ3v) is 3.29. The molecule has 20 heavy (non-hydrogen) atoms. The van der Waals surface area contributed by atoms with Crippen LogP contribution in [0, 0.1) is 31.0 Å². The van der Waals surface area contributed by atoms with E-state index in [0.29, 0.717) is 6.54 Å². The molecule has 104 valence electrons. The van der Waals surface area contributed by atoms with Gasteiger partial charge in [0.05, 0.1) is 11.3 Å². The first-order valence-corrected chi connectivity index (χ1v) is 6.37. The Bertz CT molecular complexity index is 638. The van der Waals surface area contributed by atoms with Crippen molar-refractivity contribution in [3.63, 3.8) is 0 Å². The van der Waals surface area contributed by atoms with E-state index in [-0.39, 0.29) is 11.6 Å². The topological polar surface area (TPSA) is 61.9 Å². The summed E-state index contributed by atoms with van der Waals surface area (Å²) in [6.07, 6.45) is 0. The van der Waals surface area contributed by atoms with Gasteiger partial charge >= 0.3 is 0 Å². The van der Waals surface area contributed by atoms with Gasteiger partial charge in [-0.1, -0.05) is 11.2 Å². The molecule has 1 N–H and O–H groups in total. The minimum absolute atomic E-state index is 0.0642. The quantitative estimate of drug-likeness (QED) is 0.929. The molecule has 0 fully saturated rings. The van der Waals surface area contributed by atoms with Crippen molar-refractivity contribution in [1.29, 1.82) is 5.26 Å². The van der Waals surface area contributed by atoms with Crippen LogP contribution in [0.3, 0.4) is 0 Å². The van der Waals surface area contributed by atoms with Crippen molar-refractivity contribution >= 4 is 0 Å². The summed E-state index contributed by atoms with van der Waals surface area (Å²) >= 11 is 0. The van der Waals surface area contributed by atoms with Crippen molar-refractivity contribution in [2.75, 3.05) is 0 Å². The highest BCUT2D eigenvalue weighted by atomic mass is 19.1. The minimum atomic E-state index is -0.491. The summed E-state index contributed by atoms with van der Waals surface area (Å²) in [5.41, 5.74) is 2.82. The molecule has 0 radical (unpaired) electrons. The normalized spacial score (nSPS) is 12.2. The summed E-state index contributed by atoms with van der Waals surface area (Å²) in [7, 11) is 0. The van der Waals surface area contributed by atoms with Crippen LogP contribution in [0.2, 0.25) is 0 Å². The first-order valence-electron chi connectivity index (χ1n) is 6.37. The average Bonchev–Trinajstić information content (AvgIpc) is 2.77. The summed E-state index contributed by atoms with van der Waals surface area (Å²) in [4.78, 5) is 0. The third kappa shape index (κ3) is 2.86. The molecule has 2 rings (SSSR count). The smallest absolute Gasteiger partial charge is 0.140 e.